The van der Waals surface area contributed by atoms with Crippen LogP contribution in [0.1, 0.15) is 32.6 Å². The lowest BCUT2D eigenvalue weighted by Gasteiger charge is -2.11. The molecule has 5 heteroatoms. The monoisotopic (exact) mass is 313 g/mol. The van der Waals surface area contributed by atoms with Crippen molar-refractivity contribution in [3.8, 4) is 5.75 Å². The number of hydrogen-bond donors (Lipinski definition) is 0. The van der Waals surface area contributed by atoms with Crippen LogP contribution in [-0.2, 0) is 0 Å². The van der Waals surface area contributed by atoms with Gasteiger partial charge in [0, 0.05) is 11.6 Å². The van der Waals surface area contributed by atoms with Crippen molar-refractivity contribution in [3.63, 3.8) is 0 Å². The minimum Gasteiger partial charge on any atom is -0.478 e. The minimum atomic E-state index is -0.505. The quantitative estimate of drug-likeness (QED) is 0.473. The number of hydrogen-bond acceptors (Lipinski definition) is 4. The molecule has 0 N–H and O–H groups in total. The van der Waals surface area contributed by atoms with Crippen LogP contribution < -0.4 is 4.74 Å². The number of nitro benzene ring substituents is 1. The summed E-state index contributed by atoms with van der Waals surface area (Å²) >= 11 is 0. The maximum atomic E-state index is 12.4. The van der Waals surface area contributed by atoms with Crippen molar-refractivity contribution in [3.05, 3.63) is 68.3 Å². The summed E-state index contributed by atoms with van der Waals surface area (Å²) in [5.74, 6) is -0.0776. The van der Waals surface area contributed by atoms with Crippen LogP contribution in [0.3, 0.4) is 0 Å². The summed E-state index contributed by atoms with van der Waals surface area (Å²) in [6.07, 6.45) is 0. The fourth-order valence-electron chi connectivity index (χ4n) is 2.73. The Bertz CT molecular complexity index is 758. The summed E-state index contributed by atoms with van der Waals surface area (Å²) in [6, 6.07) is 8.55. The van der Waals surface area contributed by atoms with Crippen molar-refractivity contribution >= 4 is 11.5 Å². The van der Waals surface area contributed by atoms with Crippen LogP contribution in [0.5, 0.6) is 5.75 Å². The maximum absolute atomic E-state index is 12.4. The molecule has 2 aromatic rings. The highest BCUT2D eigenvalue weighted by Crippen LogP contribution is 2.28. The van der Waals surface area contributed by atoms with Gasteiger partial charge in [-0.25, -0.2) is 0 Å². The van der Waals surface area contributed by atoms with Crippen molar-refractivity contribution in [2.75, 3.05) is 6.61 Å². The first-order chi connectivity index (χ1) is 10.8. The van der Waals surface area contributed by atoms with Crippen molar-refractivity contribution in [2.45, 2.75) is 27.7 Å². The summed E-state index contributed by atoms with van der Waals surface area (Å²) in [6.45, 7) is 7.26. The summed E-state index contributed by atoms with van der Waals surface area (Å²) < 4.78 is 5.42. The standard InChI is InChI=1S/C18H19NO4/c1-11-5-6-17(15(9-11)19(21)22)23-10-16(20)18-13(3)7-12(2)8-14(18)4/h5-9H,10H2,1-4H3. The Labute approximate surface area is 135 Å². The van der Waals surface area contributed by atoms with Gasteiger partial charge in [0.1, 0.15) is 0 Å². The van der Waals surface area contributed by atoms with Gasteiger partial charge in [-0.15, -0.1) is 0 Å². The molecule has 0 fully saturated rings. The smallest absolute Gasteiger partial charge is 0.311 e. The number of Topliss-reactive ketones (excluding diaryl/α,β-unsaturated/α-hetero) is 1. The lowest BCUT2D eigenvalue weighted by molar-refractivity contribution is -0.385. The Morgan fingerprint density at radius 1 is 1.04 bits per heavy atom. The molecule has 0 bridgehead atoms. The van der Waals surface area contributed by atoms with Gasteiger partial charge in [0.05, 0.1) is 4.92 Å². The molecule has 0 saturated carbocycles. The van der Waals surface area contributed by atoms with Crippen LogP contribution in [0.15, 0.2) is 30.3 Å². The van der Waals surface area contributed by atoms with E-state index < -0.39 is 4.92 Å². The van der Waals surface area contributed by atoms with Crippen LogP contribution in [0.4, 0.5) is 5.69 Å². The minimum absolute atomic E-state index is 0.108. The molecule has 0 aliphatic heterocycles. The highest BCUT2D eigenvalue weighted by atomic mass is 16.6. The summed E-state index contributed by atoms with van der Waals surface area (Å²) in [4.78, 5) is 23.0. The van der Waals surface area contributed by atoms with Gasteiger partial charge in [-0.05, 0) is 50.5 Å². The molecule has 0 atom stereocenters. The van der Waals surface area contributed by atoms with E-state index >= 15 is 0 Å². The van der Waals surface area contributed by atoms with Crippen LogP contribution in [0.2, 0.25) is 0 Å². The Morgan fingerprint density at radius 3 is 2.22 bits per heavy atom. The molecule has 0 unspecified atom stereocenters. The lowest BCUT2D eigenvalue weighted by Crippen LogP contribution is -2.15. The molecular weight excluding hydrogens is 294 g/mol. The topological polar surface area (TPSA) is 69.4 Å². The number of aryl methyl sites for hydroxylation is 4. The zero-order valence-electron chi connectivity index (χ0n) is 13.7. The van der Waals surface area contributed by atoms with Crippen molar-refractivity contribution in [2.24, 2.45) is 0 Å². The fraction of sp³-hybridized carbons (Fsp3) is 0.278. The Balaban J connectivity index is 2.22. The van der Waals surface area contributed by atoms with E-state index in [1.165, 1.54) is 12.1 Å². The predicted octanol–water partition coefficient (Wildman–Crippen LogP) is 4.09. The summed E-state index contributed by atoms with van der Waals surface area (Å²) in [5, 5.41) is 11.1. The number of rotatable bonds is 5. The van der Waals surface area contributed by atoms with E-state index in [-0.39, 0.29) is 23.8 Å². The number of nitrogens with zero attached hydrogens (tertiary/aromatic N) is 1. The summed E-state index contributed by atoms with van der Waals surface area (Å²) in [5.41, 5.74) is 4.11. The largest absolute Gasteiger partial charge is 0.478 e. The third-order valence-corrected chi connectivity index (χ3v) is 3.63. The average Bonchev–Trinajstić information content (AvgIpc) is 2.44. The molecular formula is C18H19NO4. The number of nitro groups is 1. The van der Waals surface area contributed by atoms with E-state index in [2.05, 4.69) is 0 Å². The molecule has 0 radical (unpaired) electrons. The van der Waals surface area contributed by atoms with Crippen LogP contribution >= 0.6 is 0 Å². The molecule has 0 saturated heterocycles. The zero-order chi connectivity index (χ0) is 17.1. The lowest BCUT2D eigenvalue weighted by atomic mass is 9.97. The van der Waals surface area contributed by atoms with E-state index in [4.69, 9.17) is 4.74 Å². The molecule has 0 aromatic heterocycles. The third-order valence-electron chi connectivity index (χ3n) is 3.63. The van der Waals surface area contributed by atoms with Gasteiger partial charge in [0.25, 0.3) is 0 Å². The van der Waals surface area contributed by atoms with Crippen molar-refractivity contribution < 1.29 is 14.5 Å². The van der Waals surface area contributed by atoms with Gasteiger partial charge < -0.3 is 4.74 Å². The molecule has 2 rings (SSSR count). The normalized spacial score (nSPS) is 10.4. The van der Waals surface area contributed by atoms with E-state index in [1.54, 1.807) is 13.0 Å². The van der Waals surface area contributed by atoms with Crippen molar-refractivity contribution in [1.82, 2.24) is 0 Å². The Kier molecular flexibility index (Phi) is 4.79. The highest BCUT2D eigenvalue weighted by molar-refractivity contribution is 6.00. The third kappa shape index (κ3) is 3.74. The molecule has 120 valence electrons. The first kappa shape index (κ1) is 16.7. The number of carbonyl (C=O) groups excluding carboxylic acids is 1. The molecule has 0 aliphatic rings. The van der Waals surface area contributed by atoms with E-state index in [9.17, 15) is 14.9 Å². The second-order valence-electron chi connectivity index (χ2n) is 5.71. The first-order valence-electron chi connectivity index (χ1n) is 7.28. The van der Waals surface area contributed by atoms with Gasteiger partial charge in [-0.1, -0.05) is 23.8 Å². The van der Waals surface area contributed by atoms with Gasteiger partial charge in [0.15, 0.2) is 12.4 Å². The number of carbonyl (C=O) groups is 1. The summed E-state index contributed by atoms with van der Waals surface area (Å²) in [7, 11) is 0. The average molecular weight is 313 g/mol. The van der Waals surface area contributed by atoms with E-state index in [0.29, 0.717) is 5.56 Å². The van der Waals surface area contributed by atoms with E-state index in [1.807, 2.05) is 32.9 Å². The molecule has 0 amide bonds. The SMILES string of the molecule is Cc1cc(C)c(C(=O)COc2ccc(C)cc2[N+](=O)[O-])c(C)c1. The second kappa shape index (κ2) is 6.60. The Morgan fingerprint density at radius 2 is 1.65 bits per heavy atom. The second-order valence-corrected chi connectivity index (χ2v) is 5.71. The Hall–Kier alpha value is -2.69. The van der Waals surface area contributed by atoms with Gasteiger partial charge >= 0.3 is 5.69 Å². The van der Waals surface area contributed by atoms with Crippen LogP contribution in [0.25, 0.3) is 0 Å². The molecule has 0 spiro atoms. The van der Waals surface area contributed by atoms with Crippen LogP contribution in [-0.4, -0.2) is 17.3 Å². The van der Waals surface area contributed by atoms with Crippen molar-refractivity contribution in [1.29, 1.82) is 0 Å². The highest BCUT2D eigenvalue weighted by Gasteiger charge is 2.18. The fourth-order valence-corrected chi connectivity index (χ4v) is 2.73. The molecule has 0 heterocycles. The van der Waals surface area contributed by atoms with Gasteiger partial charge in [-0.2, -0.15) is 0 Å². The number of ketones is 1. The van der Waals surface area contributed by atoms with Crippen LogP contribution in [0, 0.1) is 37.8 Å². The maximum Gasteiger partial charge on any atom is 0.311 e. The van der Waals surface area contributed by atoms with Gasteiger partial charge in [0.2, 0.25) is 5.78 Å². The van der Waals surface area contributed by atoms with Gasteiger partial charge in [-0.3, -0.25) is 14.9 Å². The molecule has 0 aliphatic carbocycles. The molecule has 2 aromatic carbocycles. The zero-order valence-corrected chi connectivity index (χ0v) is 13.7. The first-order valence-corrected chi connectivity index (χ1v) is 7.28. The number of ether oxygens (including phenoxy) is 1. The number of benzene rings is 2. The molecule has 5 nitrogen and oxygen atoms in total. The predicted molar refractivity (Wildman–Crippen MR) is 88.3 cm³/mol. The van der Waals surface area contributed by atoms with E-state index in [0.717, 1.165) is 22.3 Å². The molecule has 23 heavy (non-hydrogen) atoms.